The third kappa shape index (κ3) is 4.32. The van der Waals surface area contributed by atoms with Crippen molar-refractivity contribution in [1.29, 1.82) is 0 Å². The summed E-state index contributed by atoms with van der Waals surface area (Å²) in [5.41, 5.74) is 5.36. The van der Waals surface area contributed by atoms with Gasteiger partial charge in [0.05, 0.1) is 12.1 Å². The Hall–Kier alpha value is -0.240. The third-order valence-electron chi connectivity index (χ3n) is 1.58. The summed E-state index contributed by atoms with van der Waals surface area (Å²) in [6.07, 6.45) is -1.00. The molecule has 0 aromatic carbocycles. The van der Waals surface area contributed by atoms with Crippen LogP contribution >= 0.6 is 25.3 Å². The van der Waals surface area contributed by atoms with Crippen molar-refractivity contribution < 1.29 is 14.7 Å². The molecule has 0 spiro atoms. The molecule has 1 amide bonds. The van der Waals surface area contributed by atoms with Crippen molar-refractivity contribution in [3.63, 3.8) is 0 Å². The summed E-state index contributed by atoms with van der Waals surface area (Å²) < 4.78 is 0. The molecule has 0 bridgehead atoms. The lowest BCUT2D eigenvalue weighted by atomic mass is 10.2. The molecule has 0 rings (SSSR count). The van der Waals surface area contributed by atoms with Gasteiger partial charge in [-0.05, 0) is 6.92 Å². The summed E-state index contributed by atoms with van der Waals surface area (Å²) >= 11 is 7.36. The van der Waals surface area contributed by atoms with Gasteiger partial charge in [0, 0.05) is 5.75 Å². The third-order valence-corrected chi connectivity index (χ3v) is 2.25. The van der Waals surface area contributed by atoms with Gasteiger partial charge in [-0.1, -0.05) is 0 Å². The number of carbonyl (C=O) groups excluding carboxylic acids is 2. The fraction of sp³-hybridized carbons (Fsp3) is 0.714. The van der Waals surface area contributed by atoms with Crippen LogP contribution in [0.3, 0.4) is 0 Å². The first-order valence-electron chi connectivity index (χ1n) is 3.97. The smallest absolute Gasteiger partial charge is 0.238 e. The number of hydrogen-bond acceptors (Lipinski definition) is 5. The Labute approximate surface area is 93.2 Å². The summed E-state index contributed by atoms with van der Waals surface area (Å²) in [5, 5.41) is 10.8. The topological polar surface area (TPSA) is 92.4 Å². The summed E-state index contributed by atoms with van der Waals surface area (Å²) in [5.74, 6) is -0.368. The Bertz CT molecular complexity index is 223. The number of aliphatic hydroxyl groups is 1. The molecule has 0 aliphatic carbocycles. The second-order valence-electron chi connectivity index (χ2n) is 2.85. The molecule has 0 aliphatic rings. The van der Waals surface area contributed by atoms with E-state index in [9.17, 15) is 9.59 Å². The molecule has 0 unspecified atom stereocenters. The minimum absolute atomic E-state index is 0.166. The van der Waals surface area contributed by atoms with E-state index in [1.165, 1.54) is 6.92 Å². The maximum absolute atomic E-state index is 11.2. The minimum Gasteiger partial charge on any atom is -0.391 e. The molecule has 0 fully saturated rings. The van der Waals surface area contributed by atoms with Crippen LogP contribution in [0.4, 0.5) is 0 Å². The Kier molecular flexibility index (Phi) is 6.17. The van der Waals surface area contributed by atoms with E-state index >= 15 is 0 Å². The first-order valence-corrected chi connectivity index (χ1v) is 5.05. The van der Waals surface area contributed by atoms with Crippen LogP contribution in [0, 0.1) is 0 Å². The van der Waals surface area contributed by atoms with Crippen LogP contribution in [0.15, 0.2) is 0 Å². The van der Waals surface area contributed by atoms with Gasteiger partial charge in [-0.2, -0.15) is 12.6 Å². The van der Waals surface area contributed by atoms with Gasteiger partial charge in [-0.25, -0.2) is 0 Å². The van der Waals surface area contributed by atoms with Gasteiger partial charge < -0.3 is 16.2 Å². The zero-order chi connectivity index (χ0) is 11.3. The van der Waals surface area contributed by atoms with Gasteiger partial charge in [0.15, 0.2) is 0 Å². The highest BCUT2D eigenvalue weighted by Gasteiger charge is 2.24. The molecule has 0 aliphatic heterocycles. The van der Waals surface area contributed by atoms with Gasteiger partial charge in [-0.15, -0.1) is 12.6 Å². The van der Waals surface area contributed by atoms with Gasteiger partial charge in [0.25, 0.3) is 0 Å². The largest absolute Gasteiger partial charge is 0.391 e. The summed E-state index contributed by atoms with van der Waals surface area (Å²) in [6, 6.07) is -1.83. The van der Waals surface area contributed by atoms with Gasteiger partial charge >= 0.3 is 0 Å². The normalized spacial score (nSPS) is 16.9. The fourth-order valence-corrected chi connectivity index (χ4v) is 1.18. The fourth-order valence-electron chi connectivity index (χ4n) is 0.732. The van der Waals surface area contributed by atoms with E-state index < -0.39 is 29.2 Å². The van der Waals surface area contributed by atoms with Crippen molar-refractivity contribution in [2.75, 3.05) is 5.75 Å². The lowest BCUT2D eigenvalue weighted by molar-refractivity contribution is -0.127. The Morgan fingerprint density at radius 3 is 2.36 bits per heavy atom. The Balaban J connectivity index is 4.31. The van der Waals surface area contributed by atoms with E-state index in [2.05, 4.69) is 30.6 Å². The Morgan fingerprint density at radius 1 is 1.57 bits per heavy atom. The molecular weight excluding hydrogens is 224 g/mol. The summed E-state index contributed by atoms with van der Waals surface area (Å²) in [4.78, 5) is 22.1. The zero-order valence-electron chi connectivity index (χ0n) is 7.67. The lowest BCUT2D eigenvalue weighted by Gasteiger charge is -2.19. The van der Waals surface area contributed by atoms with Crippen LogP contribution in [-0.4, -0.2) is 40.1 Å². The van der Waals surface area contributed by atoms with E-state index in [1.54, 1.807) is 0 Å². The number of nitrogens with one attached hydrogen (secondary N) is 1. The number of aliphatic hydroxyl groups excluding tert-OH is 1. The average molecular weight is 238 g/mol. The molecule has 0 aromatic rings. The molecule has 14 heavy (non-hydrogen) atoms. The molecule has 4 N–H and O–H groups in total. The number of rotatable bonds is 5. The summed E-state index contributed by atoms with van der Waals surface area (Å²) in [7, 11) is 0. The minimum atomic E-state index is -1.03. The van der Waals surface area contributed by atoms with Crippen LogP contribution in [0.1, 0.15) is 6.92 Å². The van der Waals surface area contributed by atoms with Crippen LogP contribution in [0.2, 0.25) is 0 Å². The first kappa shape index (κ1) is 13.8. The van der Waals surface area contributed by atoms with Gasteiger partial charge in [-0.3, -0.25) is 9.59 Å². The quantitative estimate of drug-likeness (QED) is 0.380. The van der Waals surface area contributed by atoms with Gasteiger partial charge in [0.1, 0.15) is 6.04 Å². The van der Waals surface area contributed by atoms with Crippen LogP contribution in [0.25, 0.3) is 0 Å². The molecule has 0 radical (unpaired) electrons. The highest BCUT2D eigenvalue weighted by Crippen LogP contribution is 1.98. The molecule has 0 aromatic heterocycles. The number of nitrogens with two attached hydrogens (primary N) is 1. The predicted molar refractivity (Wildman–Crippen MR) is 59.4 cm³/mol. The van der Waals surface area contributed by atoms with Crippen molar-refractivity contribution in [3.8, 4) is 0 Å². The standard InChI is InChI=1S/C7H14N2O3S2/c1-3(10)5(7(12)14)9-6(11)4(8)2-13/h3-5,10,13H,2,8H2,1H3,(H,9,11)(H,12,14)/t3-,4+,5+/m1/s1. The SMILES string of the molecule is C[C@@H](O)[C@H](NC(=O)[C@@H](N)CS)C(=O)S. The number of carbonyl (C=O) groups is 2. The van der Waals surface area contributed by atoms with E-state index in [4.69, 9.17) is 10.8 Å². The maximum Gasteiger partial charge on any atom is 0.238 e. The maximum atomic E-state index is 11.2. The highest BCUT2D eigenvalue weighted by molar-refractivity contribution is 7.96. The lowest BCUT2D eigenvalue weighted by Crippen LogP contribution is -2.52. The zero-order valence-corrected chi connectivity index (χ0v) is 9.46. The van der Waals surface area contributed by atoms with Crippen molar-refractivity contribution >= 4 is 36.3 Å². The molecule has 82 valence electrons. The molecule has 0 saturated carbocycles. The molecular formula is C7H14N2O3S2. The molecule has 0 heterocycles. The second-order valence-corrected chi connectivity index (χ2v) is 3.66. The molecule has 0 saturated heterocycles. The number of hydrogen-bond donors (Lipinski definition) is 5. The van der Waals surface area contributed by atoms with Gasteiger partial charge in [0.2, 0.25) is 11.0 Å². The van der Waals surface area contributed by atoms with Crippen LogP contribution < -0.4 is 11.1 Å². The van der Waals surface area contributed by atoms with Crippen molar-refractivity contribution in [2.24, 2.45) is 5.73 Å². The predicted octanol–water partition coefficient (Wildman–Crippen LogP) is -1.43. The van der Waals surface area contributed by atoms with Crippen LogP contribution in [-0.2, 0) is 9.59 Å². The highest BCUT2D eigenvalue weighted by atomic mass is 32.1. The van der Waals surface area contributed by atoms with E-state index in [0.717, 1.165) is 0 Å². The van der Waals surface area contributed by atoms with Crippen molar-refractivity contribution in [2.45, 2.75) is 25.1 Å². The molecule has 5 nitrogen and oxygen atoms in total. The Morgan fingerprint density at radius 2 is 2.07 bits per heavy atom. The second kappa shape index (κ2) is 6.28. The van der Waals surface area contributed by atoms with Crippen LogP contribution in [0.5, 0.6) is 0 Å². The van der Waals surface area contributed by atoms with E-state index in [-0.39, 0.29) is 5.75 Å². The van der Waals surface area contributed by atoms with Crippen molar-refractivity contribution in [1.82, 2.24) is 5.32 Å². The van der Waals surface area contributed by atoms with E-state index in [1.807, 2.05) is 0 Å². The molecule has 7 heteroatoms. The average Bonchev–Trinajstić information content (AvgIpc) is 2.11. The van der Waals surface area contributed by atoms with E-state index in [0.29, 0.717) is 0 Å². The number of amides is 1. The monoisotopic (exact) mass is 238 g/mol. The number of thiol groups is 2. The van der Waals surface area contributed by atoms with Crippen molar-refractivity contribution in [3.05, 3.63) is 0 Å². The first-order chi connectivity index (χ1) is 6.40. The summed E-state index contributed by atoms with van der Waals surface area (Å²) in [6.45, 7) is 1.38. The molecule has 3 atom stereocenters.